The topological polar surface area (TPSA) is 94.9 Å². The summed E-state index contributed by atoms with van der Waals surface area (Å²) in [5.41, 5.74) is 1.39. The molecule has 7 nitrogen and oxygen atoms in total. The lowest BCUT2D eigenvalue weighted by molar-refractivity contribution is -0.138. The molecule has 0 unspecified atom stereocenters. The van der Waals surface area contributed by atoms with Crippen LogP contribution in [0.25, 0.3) is 6.08 Å². The fourth-order valence-corrected chi connectivity index (χ4v) is 2.38. The number of carbonyl (C=O) groups excluding carboxylic acids is 2. The van der Waals surface area contributed by atoms with E-state index in [-0.39, 0.29) is 30.3 Å². The summed E-state index contributed by atoms with van der Waals surface area (Å²) in [5.74, 6) is -0.303. The molecular weight excluding hydrogens is 374 g/mol. The number of hydrogen-bond donors (Lipinski definition) is 0. The lowest BCUT2D eigenvalue weighted by atomic mass is 10.1. The number of nitrogens with zero attached hydrogens (tertiary/aromatic N) is 1. The normalized spacial score (nSPS) is 10.6. The number of benzene rings is 2. The molecule has 29 heavy (non-hydrogen) atoms. The summed E-state index contributed by atoms with van der Waals surface area (Å²) in [6.07, 6.45) is 1.08. The molecule has 0 saturated heterocycles. The minimum Gasteiger partial charge on any atom is -0.493 e. The second-order valence-electron chi connectivity index (χ2n) is 5.74. The number of esters is 1. The third-order valence-corrected chi connectivity index (χ3v) is 3.76. The minimum atomic E-state index is -0.853. The highest BCUT2D eigenvalue weighted by Crippen LogP contribution is 2.29. The van der Waals surface area contributed by atoms with Gasteiger partial charge in [-0.15, -0.1) is 0 Å². The lowest BCUT2D eigenvalue weighted by Crippen LogP contribution is -2.11. The summed E-state index contributed by atoms with van der Waals surface area (Å²) in [6, 6.07) is 16.0. The van der Waals surface area contributed by atoms with Crippen LogP contribution in [-0.4, -0.2) is 32.4 Å². The van der Waals surface area contributed by atoms with Gasteiger partial charge in [0.25, 0.3) is 0 Å². The minimum absolute atomic E-state index is 0.154. The maximum atomic E-state index is 12.2. The quantitative estimate of drug-likeness (QED) is 0.289. The van der Waals surface area contributed by atoms with Crippen molar-refractivity contribution in [3.05, 3.63) is 65.2 Å². The van der Waals surface area contributed by atoms with Crippen molar-refractivity contribution >= 4 is 18.2 Å². The van der Waals surface area contributed by atoms with Crippen LogP contribution in [-0.2, 0) is 20.7 Å². The molecule has 150 valence electrons. The number of methoxy groups -OCH3 is 1. The van der Waals surface area contributed by atoms with Crippen molar-refractivity contribution in [1.29, 1.82) is 5.26 Å². The fourth-order valence-electron chi connectivity index (χ4n) is 2.38. The van der Waals surface area contributed by atoms with Crippen molar-refractivity contribution in [1.82, 2.24) is 0 Å². The SMILES string of the molecule is CCOC(=O)Oc1ccc(/C=C(\C#N)C(=O)OCCc2ccccc2)cc1OC. The van der Waals surface area contributed by atoms with E-state index < -0.39 is 12.1 Å². The second-order valence-corrected chi connectivity index (χ2v) is 5.74. The Kier molecular flexibility index (Phi) is 8.27. The number of ether oxygens (including phenoxy) is 4. The van der Waals surface area contributed by atoms with Gasteiger partial charge in [0.05, 0.1) is 20.3 Å². The third kappa shape index (κ3) is 6.70. The van der Waals surface area contributed by atoms with E-state index in [1.807, 2.05) is 36.4 Å². The van der Waals surface area contributed by atoms with Crippen LogP contribution in [0.3, 0.4) is 0 Å². The molecule has 0 atom stereocenters. The van der Waals surface area contributed by atoms with Gasteiger partial charge in [0.15, 0.2) is 11.5 Å². The first-order valence-corrected chi connectivity index (χ1v) is 8.92. The van der Waals surface area contributed by atoms with Gasteiger partial charge in [0.2, 0.25) is 0 Å². The molecule has 0 N–H and O–H groups in total. The summed E-state index contributed by atoms with van der Waals surface area (Å²) in [4.78, 5) is 23.6. The molecule has 0 fully saturated rings. The zero-order chi connectivity index (χ0) is 21.1. The van der Waals surface area contributed by atoms with E-state index in [2.05, 4.69) is 0 Å². The van der Waals surface area contributed by atoms with Gasteiger partial charge < -0.3 is 18.9 Å². The van der Waals surface area contributed by atoms with Gasteiger partial charge in [-0.05, 0) is 36.3 Å². The molecule has 0 saturated carbocycles. The van der Waals surface area contributed by atoms with Gasteiger partial charge in [0, 0.05) is 6.42 Å². The first-order valence-electron chi connectivity index (χ1n) is 8.92. The Hall–Kier alpha value is -3.79. The van der Waals surface area contributed by atoms with Crippen molar-refractivity contribution < 1.29 is 28.5 Å². The molecule has 0 aliphatic rings. The molecule has 7 heteroatoms. The van der Waals surface area contributed by atoms with Gasteiger partial charge >= 0.3 is 12.1 Å². The Morgan fingerprint density at radius 3 is 2.48 bits per heavy atom. The first kappa shape index (κ1) is 21.5. The first-order chi connectivity index (χ1) is 14.1. The number of nitriles is 1. The van der Waals surface area contributed by atoms with Crippen LogP contribution in [0, 0.1) is 11.3 Å². The predicted octanol–water partition coefficient (Wildman–Crippen LogP) is 3.92. The van der Waals surface area contributed by atoms with E-state index in [4.69, 9.17) is 18.9 Å². The van der Waals surface area contributed by atoms with Crippen molar-refractivity contribution in [3.63, 3.8) is 0 Å². The molecule has 0 heterocycles. The highest BCUT2D eigenvalue weighted by molar-refractivity contribution is 5.98. The van der Waals surface area contributed by atoms with Gasteiger partial charge in [-0.25, -0.2) is 9.59 Å². The van der Waals surface area contributed by atoms with E-state index in [1.165, 1.54) is 25.3 Å². The summed E-state index contributed by atoms with van der Waals surface area (Å²) >= 11 is 0. The Labute approximate surface area is 169 Å². The van der Waals surface area contributed by atoms with Crippen LogP contribution < -0.4 is 9.47 Å². The highest BCUT2D eigenvalue weighted by atomic mass is 16.7. The van der Waals surface area contributed by atoms with Crippen LogP contribution in [0.4, 0.5) is 4.79 Å². The molecular formula is C22H21NO6. The van der Waals surface area contributed by atoms with Crippen molar-refractivity contribution in [2.45, 2.75) is 13.3 Å². The largest absolute Gasteiger partial charge is 0.513 e. The smallest absolute Gasteiger partial charge is 0.493 e. The Balaban J connectivity index is 2.05. The zero-order valence-corrected chi connectivity index (χ0v) is 16.2. The van der Waals surface area contributed by atoms with Gasteiger partial charge in [-0.1, -0.05) is 36.4 Å². The average molecular weight is 395 g/mol. The van der Waals surface area contributed by atoms with Gasteiger partial charge in [-0.2, -0.15) is 5.26 Å². The van der Waals surface area contributed by atoms with Crippen LogP contribution in [0.2, 0.25) is 0 Å². The molecule has 0 spiro atoms. The number of hydrogen-bond acceptors (Lipinski definition) is 7. The number of rotatable bonds is 8. The summed E-state index contributed by atoms with van der Waals surface area (Å²) in [6.45, 7) is 2.01. The third-order valence-electron chi connectivity index (χ3n) is 3.76. The average Bonchev–Trinajstić information content (AvgIpc) is 2.73. The Morgan fingerprint density at radius 2 is 1.83 bits per heavy atom. The van der Waals surface area contributed by atoms with E-state index in [0.29, 0.717) is 12.0 Å². The van der Waals surface area contributed by atoms with E-state index >= 15 is 0 Å². The molecule has 0 amide bonds. The molecule has 0 aliphatic carbocycles. The fraction of sp³-hybridized carbons (Fsp3) is 0.227. The number of carbonyl (C=O) groups is 2. The molecule has 0 bridgehead atoms. The van der Waals surface area contributed by atoms with Crippen LogP contribution in [0.15, 0.2) is 54.1 Å². The maximum Gasteiger partial charge on any atom is 0.513 e. The van der Waals surface area contributed by atoms with Crippen molar-refractivity contribution in [3.8, 4) is 17.6 Å². The molecule has 2 aromatic rings. The highest BCUT2D eigenvalue weighted by Gasteiger charge is 2.14. The summed E-state index contributed by atoms with van der Waals surface area (Å²) < 4.78 is 20.1. The van der Waals surface area contributed by atoms with Gasteiger partial charge in [0.1, 0.15) is 11.6 Å². The van der Waals surface area contributed by atoms with Crippen molar-refractivity contribution in [2.24, 2.45) is 0 Å². The Bertz CT molecular complexity index is 915. The molecule has 0 aliphatic heterocycles. The summed E-state index contributed by atoms with van der Waals surface area (Å²) in [5, 5.41) is 9.30. The monoisotopic (exact) mass is 395 g/mol. The van der Waals surface area contributed by atoms with E-state index in [1.54, 1.807) is 13.0 Å². The molecule has 2 aromatic carbocycles. The Morgan fingerprint density at radius 1 is 1.07 bits per heavy atom. The van der Waals surface area contributed by atoms with Crippen LogP contribution >= 0.6 is 0 Å². The summed E-state index contributed by atoms with van der Waals surface area (Å²) in [7, 11) is 1.41. The maximum absolute atomic E-state index is 12.2. The van der Waals surface area contributed by atoms with E-state index in [9.17, 15) is 14.9 Å². The molecule has 0 radical (unpaired) electrons. The van der Waals surface area contributed by atoms with Gasteiger partial charge in [-0.3, -0.25) is 0 Å². The second kappa shape index (κ2) is 11.1. The molecule has 2 rings (SSSR count). The standard InChI is InChI=1S/C22H21NO6/c1-3-27-22(25)29-19-10-9-17(14-20(19)26-2)13-18(15-23)21(24)28-12-11-16-7-5-4-6-8-16/h4-10,13-14H,3,11-12H2,1-2H3/b18-13+. The van der Waals surface area contributed by atoms with Crippen LogP contribution in [0.1, 0.15) is 18.1 Å². The lowest BCUT2D eigenvalue weighted by Gasteiger charge is -2.10. The molecule has 0 aromatic heterocycles. The predicted molar refractivity (Wildman–Crippen MR) is 105 cm³/mol. The van der Waals surface area contributed by atoms with Crippen molar-refractivity contribution in [2.75, 3.05) is 20.3 Å². The zero-order valence-electron chi connectivity index (χ0n) is 16.2. The van der Waals surface area contributed by atoms with Crippen LogP contribution in [0.5, 0.6) is 11.5 Å². The van der Waals surface area contributed by atoms with E-state index in [0.717, 1.165) is 5.56 Å².